The molecule has 1 aromatic rings. The molecule has 1 aliphatic rings. The van der Waals surface area contributed by atoms with Crippen LogP contribution in [-0.2, 0) is 4.79 Å². The highest BCUT2D eigenvalue weighted by Gasteiger charge is 2.37. The number of benzene rings is 1. The van der Waals surface area contributed by atoms with Gasteiger partial charge in [0.2, 0.25) is 5.91 Å². The molecule has 98 valence electrons. The van der Waals surface area contributed by atoms with Gasteiger partial charge in [-0.3, -0.25) is 10.1 Å². The first kappa shape index (κ1) is 12.9. The number of aryl methyl sites for hydroxylation is 1. The van der Waals surface area contributed by atoms with Crippen LogP contribution in [0, 0.1) is 6.92 Å². The van der Waals surface area contributed by atoms with Crippen LogP contribution >= 0.6 is 0 Å². The van der Waals surface area contributed by atoms with Crippen LogP contribution in [0.1, 0.15) is 25.3 Å². The SMILES string of the molecule is Cc1ccc(OCC(C)(NC2CC2)C(N)=O)cc1. The monoisotopic (exact) mass is 248 g/mol. The third-order valence-corrected chi connectivity index (χ3v) is 3.19. The topological polar surface area (TPSA) is 64.3 Å². The molecule has 0 aliphatic heterocycles. The molecule has 1 saturated carbocycles. The largest absolute Gasteiger partial charge is 0.491 e. The molecule has 0 spiro atoms. The molecule has 3 N–H and O–H groups in total. The van der Waals surface area contributed by atoms with Gasteiger partial charge in [-0.25, -0.2) is 0 Å². The van der Waals surface area contributed by atoms with Crippen molar-refractivity contribution in [3.8, 4) is 5.75 Å². The maximum Gasteiger partial charge on any atom is 0.240 e. The highest BCUT2D eigenvalue weighted by molar-refractivity contribution is 5.84. The molecule has 0 radical (unpaired) electrons. The lowest BCUT2D eigenvalue weighted by Crippen LogP contribution is -2.57. The van der Waals surface area contributed by atoms with Crippen molar-refractivity contribution in [1.29, 1.82) is 0 Å². The number of amides is 1. The second kappa shape index (κ2) is 4.98. The molecular formula is C14H20N2O2. The average Bonchev–Trinajstić information content (AvgIpc) is 3.12. The molecular weight excluding hydrogens is 228 g/mol. The Balaban J connectivity index is 1.96. The minimum atomic E-state index is -0.800. The van der Waals surface area contributed by atoms with Crippen molar-refractivity contribution < 1.29 is 9.53 Å². The zero-order chi connectivity index (χ0) is 13.2. The standard InChI is InChI=1S/C14H20N2O2/c1-10-3-7-12(8-4-10)18-9-14(2,13(15)17)16-11-5-6-11/h3-4,7-8,11,16H,5-6,9H2,1-2H3,(H2,15,17). The predicted molar refractivity (Wildman–Crippen MR) is 70.4 cm³/mol. The number of rotatable bonds is 6. The van der Waals surface area contributed by atoms with Gasteiger partial charge in [0, 0.05) is 6.04 Å². The van der Waals surface area contributed by atoms with Crippen molar-refractivity contribution in [2.45, 2.75) is 38.3 Å². The van der Waals surface area contributed by atoms with E-state index in [4.69, 9.17) is 10.5 Å². The molecule has 1 aromatic carbocycles. The maximum absolute atomic E-state index is 11.5. The number of nitrogens with two attached hydrogens (primary N) is 1. The average molecular weight is 248 g/mol. The number of nitrogens with one attached hydrogen (secondary N) is 1. The van der Waals surface area contributed by atoms with Gasteiger partial charge in [-0.05, 0) is 38.8 Å². The number of ether oxygens (including phenoxy) is 1. The Morgan fingerprint density at radius 2 is 2.06 bits per heavy atom. The Morgan fingerprint density at radius 1 is 1.44 bits per heavy atom. The van der Waals surface area contributed by atoms with E-state index in [2.05, 4.69) is 5.32 Å². The van der Waals surface area contributed by atoms with Crippen LogP contribution in [0.3, 0.4) is 0 Å². The van der Waals surface area contributed by atoms with Gasteiger partial charge in [0.05, 0.1) is 0 Å². The molecule has 1 unspecified atom stereocenters. The van der Waals surface area contributed by atoms with E-state index >= 15 is 0 Å². The van der Waals surface area contributed by atoms with Crippen molar-refractivity contribution in [2.24, 2.45) is 5.73 Å². The van der Waals surface area contributed by atoms with Crippen molar-refractivity contribution in [2.75, 3.05) is 6.61 Å². The minimum absolute atomic E-state index is 0.252. The molecule has 0 bridgehead atoms. The summed E-state index contributed by atoms with van der Waals surface area (Å²) >= 11 is 0. The first-order valence-electron chi connectivity index (χ1n) is 6.27. The van der Waals surface area contributed by atoms with Crippen molar-refractivity contribution in [3.05, 3.63) is 29.8 Å². The van der Waals surface area contributed by atoms with Crippen LogP contribution in [0.2, 0.25) is 0 Å². The third kappa shape index (κ3) is 3.23. The van der Waals surface area contributed by atoms with Gasteiger partial charge in [0.15, 0.2) is 0 Å². The summed E-state index contributed by atoms with van der Waals surface area (Å²) in [4.78, 5) is 11.5. The Labute approximate surface area is 108 Å². The van der Waals surface area contributed by atoms with Gasteiger partial charge in [0.25, 0.3) is 0 Å². The number of carbonyl (C=O) groups excluding carboxylic acids is 1. The summed E-state index contributed by atoms with van der Waals surface area (Å²) in [6.45, 7) is 4.07. The molecule has 0 aromatic heterocycles. The van der Waals surface area contributed by atoms with E-state index in [1.165, 1.54) is 5.56 Å². The minimum Gasteiger partial charge on any atom is -0.491 e. The normalized spacial score (nSPS) is 18.1. The zero-order valence-corrected chi connectivity index (χ0v) is 10.9. The van der Waals surface area contributed by atoms with Gasteiger partial charge in [-0.15, -0.1) is 0 Å². The second-order valence-corrected chi connectivity index (χ2v) is 5.22. The van der Waals surface area contributed by atoms with E-state index in [1.807, 2.05) is 31.2 Å². The number of hydrogen-bond acceptors (Lipinski definition) is 3. The predicted octanol–water partition coefficient (Wildman–Crippen LogP) is 1.37. The summed E-state index contributed by atoms with van der Waals surface area (Å²) in [6, 6.07) is 8.15. The molecule has 0 saturated heterocycles. The number of hydrogen-bond donors (Lipinski definition) is 2. The van der Waals surface area contributed by atoms with E-state index in [0.717, 1.165) is 18.6 Å². The van der Waals surface area contributed by atoms with Crippen molar-refractivity contribution in [1.82, 2.24) is 5.32 Å². The number of carbonyl (C=O) groups is 1. The summed E-state index contributed by atoms with van der Waals surface area (Å²) in [5.41, 5.74) is 5.83. The fourth-order valence-electron chi connectivity index (χ4n) is 1.72. The highest BCUT2D eigenvalue weighted by atomic mass is 16.5. The zero-order valence-electron chi connectivity index (χ0n) is 10.9. The Kier molecular flexibility index (Phi) is 3.57. The van der Waals surface area contributed by atoms with Crippen LogP contribution in [0.25, 0.3) is 0 Å². The maximum atomic E-state index is 11.5. The second-order valence-electron chi connectivity index (χ2n) is 5.22. The first-order chi connectivity index (χ1) is 8.49. The van der Waals surface area contributed by atoms with E-state index < -0.39 is 5.54 Å². The fourth-order valence-corrected chi connectivity index (χ4v) is 1.72. The molecule has 1 atom stereocenters. The molecule has 0 heterocycles. The van der Waals surface area contributed by atoms with Gasteiger partial charge in [-0.2, -0.15) is 0 Å². The van der Waals surface area contributed by atoms with Gasteiger partial charge >= 0.3 is 0 Å². The van der Waals surface area contributed by atoms with Crippen LogP contribution in [0.5, 0.6) is 5.75 Å². The van der Waals surface area contributed by atoms with Crippen molar-refractivity contribution in [3.63, 3.8) is 0 Å². The molecule has 1 amide bonds. The lowest BCUT2D eigenvalue weighted by molar-refractivity contribution is -0.125. The summed E-state index contributed by atoms with van der Waals surface area (Å²) in [6.07, 6.45) is 2.21. The third-order valence-electron chi connectivity index (χ3n) is 3.19. The molecule has 1 aliphatic carbocycles. The summed E-state index contributed by atoms with van der Waals surface area (Å²) in [5, 5.41) is 3.25. The Morgan fingerprint density at radius 3 is 2.56 bits per heavy atom. The molecule has 4 nitrogen and oxygen atoms in total. The van der Waals surface area contributed by atoms with E-state index in [1.54, 1.807) is 6.92 Å². The van der Waals surface area contributed by atoms with Gasteiger partial charge in [-0.1, -0.05) is 17.7 Å². The first-order valence-corrected chi connectivity index (χ1v) is 6.27. The van der Waals surface area contributed by atoms with E-state index in [9.17, 15) is 4.79 Å². The van der Waals surface area contributed by atoms with Gasteiger partial charge < -0.3 is 10.5 Å². The fraction of sp³-hybridized carbons (Fsp3) is 0.500. The van der Waals surface area contributed by atoms with Crippen LogP contribution in [0.15, 0.2) is 24.3 Å². The molecule has 4 heteroatoms. The Bertz CT molecular complexity index is 426. The van der Waals surface area contributed by atoms with Gasteiger partial charge in [0.1, 0.15) is 17.9 Å². The lowest BCUT2D eigenvalue weighted by atomic mass is 10.0. The lowest BCUT2D eigenvalue weighted by Gasteiger charge is -2.27. The molecule has 18 heavy (non-hydrogen) atoms. The van der Waals surface area contributed by atoms with Crippen LogP contribution in [-0.4, -0.2) is 24.1 Å². The molecule has 1 fully saturated rings. The van der Waals surface area contributed by atoms with Crippen LogP contribution < -0.4 is 15.8 Å². The summed E-state index contributed by atoms with van der Waals surface area (Å²) < 4.78 is 5.65. The quantitative estimate of drug-likeness (QED) is 0.799. The summed E-state index contributed by atoms with van der Waals surface area (Å²) in [5.74, 6) is 0.382. The Hall–Kier alpha value is -1.55. The van der Waals surface area contributed by atoms with E-state index in [-0.39, 0.29) is 12.5 Å². The summed E-state index contributed by atoms with van der Waals surface area (Å²) in [7, 11) is 0. The van der Waals surface area contributed by atoms with Crippen molar-refractivity contribution >= 4 is 5.91 Å². The smallest absolute Gasteiger partial charge is 0.240 e. The molecule has 2 rings (SSSR count). The van der Waals surface area contributed by atoms with Crippen LogP contribution in [0.4, 0.5) is 0 Å². The number of primary amides is 1. The highest BCUT2D eigenvalue weighted by Crippen LogP contribution is 2.23. The van der Waals surface area contributed by atoms with E-state index in [0.29, 0.717) is 6.04 Å².